The minimum atomic E-state index is -1.84. The Hall–Kier alpha value is -3.48. The number of ether oxygens (including phenoxy) is 4. The molecule has 29 heavy (non-hydrogen) atoms. The van der Waals surface area contributed by atoms with Crippen molar-refractivity contribution >= 4 is 17.5 Å². The number of hydrogen-bond donors (Lipinski definition) is 1. The van der Waals surface area contributed by atoms with E-state index in [1.54, 1.807) is 55.5 Å². The van der Waals surface area contributed by atoms with Crippen molar-refractivity contribution < 1.29 is 33.6 Å². The maximum atomic E-state index is 13.0. The molecule has 0 aromatic heterocycles. The van der Waals surface area contributed by atoms with Crippen molar-refractivity contribution in [1.82, 2.24) is 0 Å². The molecular formula is C22H22O7. The highest BCUT2D eigenvalue weighted by Gasteiger charge is 2.55. The molecule has 7 nitrogen and oxygen atoms in total. The van der Waals surface area contributed by atoms with Gasteiger partial charge in [-0.2, -0.15) is 0 Å². The summed E-state index contributed by atoms with van der Waals surface area (Å²) in [5.74, 6) is -1.30. The SMILES string of the molecule is CCOC(=O)C1(Cc2cccc(OC)c2)OC(=O)C(O)=C1c1cccc(OC)c1. The number of esters is 2. The lowest BCUT2D eigenvalue weighted by atomic mass is 9.83. The van der Waals surface area contributed by atoms with Crippen molar-refractivity contribution in [3.8, 4) is 11.5 Å². The van der Waals surface area contributed by atoms with E-state index >= 15 is 0 Å². The van der Waals surface area contributed by atoms with Gasteiger partial charge >= 0.3 is 11.9 Å². The van der Waals surface area contributed by atoms with Crippen LogP contribution in [-0.4, -0.2) is 43.5 Å². The zero-order valence-electron chi connectivity index (χ0n) is 16.4. The topological polar surface area (TPSA) is 91.3 Å². The van der Waals surface area contributed by atoms with Crippen LogP contribution in [0.25, 0.3) is 5.57 Å². The summed E-state index contributed by atoms with van der Waals surface area (Å²) in [6.07, 6.45) is -0.0363. The summed E-state index contributed by atoms with van der Waals surface area (Å²) in [5.41, 5.74) is -0.706. The van der Waals surface area contributed by atoms with Crippen LogP contribution in [0.5, 0.6) is 11.5 Å². The molecule has 1 unspecified atom stereocenters. The van der Waals surface area contributed by atoms with Crippen LogP contribution < -0.4 is 9.47 Å². The van der Waals surface area contributed by atoms with Gasteiger partial charge in [0.15, 0.2) is 0 Å². The van der Waals surface area contributed by atoms with E-state index in [0.717, 1.165) is 0 Å². The fourth-order valence-corrected chi connectivity index (χ4v) is 3.36. The summed E-state index contributed by atoms with van der Waals surface area (Å²) in [5, 5.41) is 10.5. The summed E-state index contributed by atoms with van der Waals surface area (Å²) in [4.78, 5) is 25.4. The third kappa shape index (κ3) is 3.76. The van der Waals surface area contributed by atoms with E-state index in [1.807, 2.05) is 0 Å². The second-order valence-electron chi connectivity index (χ2n) is 6.42. The van der Waals surface area contributed by atoms with Gasteiger partial charge in [-0.25, -0.2) is 9.59 Å². The highest BCUT2D eigenvalue weighted by molar-refractivity contribution is 6.11. The van der Waals surface area contributed by atoms with E-state index in [0.29, 0.717) is 22.6 Å². The Morgan fingerprint density at radius 1 is 1.07 bits per heavy atom. The number of rotatable bonds is 7. The third-order valence-electron chi connectivity index (χ3n) is 4.65. The van der Waals surface area contributed by atoms with E-state index in [4.69, 9.17) is 18.9 Å². The molecule has 0 spiro atoms. The molecule has 0 fully saturated rings. The van der Waals surface area contributed by atoms with E-state index in [1.165, 1.54) is 14.2 Å². The molecule has 0 radical (unpaired) electrons. The van der Waals surface area contributed by atoms with Gasteiger partial charge < -0.3 is 24.1 Å². The van der Waals surface area contributed by atoms with Gasteiger partial charge in [0.05, 0.1) is 26.4 Å². The molecule has 3 rings (SSSR count). The Bertz CT molecular complexity index is 963. The van der Waals surface area contributed by atoms with E-state index in [9.17, 15) is 14.7 Å². The van der Waals surface area contributed by atoms with Crippen molar-refractivity contribution in [3.05, 3.63) is 65.4 Å². The zero-order chi connectivity index (χ0) is 21.0. The van der Waals surface area contributed by atoms with Crippen LogP contribution in [-0.2, 0) is 25.5 Å². The Morgan fingerprint density at radius 3 is 2.38 bits per heavy atom. The standard InChI is InChI=1S/C22H22O7/c1-4-28-21(25)22(13-14-7-5-9-16(11-14)26-2)18(19(23)20(24)29-22)15-8-6-10-17(12-15)27-3/h5-12,23H,4,13H2,1-3H3. The van der Waals surface area contributed by atoms with E-state index < -0.39 is 23.3 Å². The van der Waals surface area contributed by atoms with Crippen molar-refractivity contribution in [3.63, 3.8) is 0 Å². The highest BCUT2D eigenvalue weighted by atomic mass is 16.6. The average molecular weight is 398 g/mol. The van der Waals surface area contributed by atoms with Crippen LogP contribution in [0.4, 0.5) is 0 Å². The van der Waals surface area contributed by atoms with Gasteiger partial charge in [0, 0.05) is 6.42 Å². The van der Waals surface area contributed by atoms with Gasteiger partial charge in [-0.05, 0) is 42.3 Å². The normalized spacial score (nSPS) is 18.4. The Morgan fingerprint density at radius 2 is 1.72 bits per heavy atom. The van der Waals surface area contributed by atoms with E-state index in [2.05, 4.69) is 0 Å². The van der Waals surface area contributed by atoms with Gasteiger partial charge in [0.25, 0.3) is 0 Å². The number of hydrogen-bond acceptors (Lipinski definition) is 7. The van der Waals surface area contributed by atoms with Crippen LogP contribution in [0, 0.1) is 0 Å². The van der Waals surface area contributed by atoms with Crippen molar-refractivity contribution in [2.24, 2.45) is 0 Å². The first-order valence-corrected chi connectivity index (χ1v) is 9.06. The van der Waals surface area contributed by atoms with Gasteiger partial charge in [-0.3, -0.25) is 0 Å². The Balaban J connectivity index is 2.17. The smallest absolute Gasteiger partial charge is 0.375 e. The summed E-state index contributed by atoms with van der Waals surface area (Å²) >= 11 is 0. The average Bonchev–Trinajstić information content (AvgIpc) is 2.99. The van der Waals surface area contributed by atoms with Gasteiger partial charge in [-0.1, -0.05) is 24.3 Å². The molecule has 1 N–H and O–H groups in total. The second-order valence-corrected chi connectivity index (χ2v) is 6.42. The number of methoxy groups -OCH3 is 2. The van der Waals surface area contributed by atoms with Crippen molar-refractivity contribution in [2.45, 2.75) is 18.9 Å². The van der Waals surface area contributed by atoms with Crippen LogP contribution >= 0.6 is 0 Å². The number of carbonyl (C=O) groups excluding carboxylic acids is 2. The monoisotopic (exact) mass is 398 g/mol. The third-order valence-corrected chi connectivity index (χ3v) is 4.65. The molecule has 2 aromatic carbocycles. The predicted octanol–water partition coefficient (Wildman–Crippen LogP) is 3.07. The molecule has 152 valence electrons. The van der Waals surface area contributed by atoms with Crippen molar-refractivity contribution in [2.75, 3.05) is 20.8 Å². The van der Waals surface area contributed by atoms with Crippen LogP contribution in [0.3, 0.4) is 0 Å². The minimum Gasteiger partial charge on any atom is -0.502 e. The molecule has 0 saturated heterocycles. The number of carbonyl (C=O) groups is 2. The quantitative estimate of drug-likeness (QED) is 0.717. The lowest BCUT2D eigenvalue weighted by molar-refractivity contribution is -0.171. The van der Waals surface area contributed by atoms with Gasteiger partial charge in [-0.15, -0.1) is 0 Å². The molecule has 1 aliphatic heterocycles. The van der Waals surface area contributed by atoms with Gasteiger partial charge in [0.2, 0.25) is 11.4 Å². The second kappa shape index (κ2) is 8.26. The lowest BCUT2D eigenvalue weighted by Gasteiger charge is -2.28. The van der Waals surface area contributed by atoms with Crippen LogP contribution in [0.1, 0.15) is 18.1 Å². The van der Waals surface area contributed by atoms with Crippen molar-refractivity contribution in [1.29, 1.82) is 0 Å². The molecule has 1 heterocycles. The first-order valence-electron chi connectivity index (χ1n) is 9.06. The Kier molecular flexibility index (Phi) is 5.77. The molecule has 2 aromatic rings. The maximum absolute atomic E-state index is 13.0. The number of aliphatic hydroxyl groups is 1. The lowest BCUT2D eigenvalue weighted by Crippen LogP contribution is -2.44. The largest absolute Gasteiger partial charge is 0.502 e. The summed E-state index contributed by atoms with van der Waals surface area (Å²) in [6, 6.07) is 13.7. The molecular weight excluding hydrogens is 376 g/mol. The maximum Gasteiger partial charge on any atom is 0.375 e. The highest BCUT2D eigenvalue weighted by Crippen LogP contribution is 2.43. The molecule has 0 saturated carbocycles. The van der Waals surface area contributed by atoms with E-state index in [-0.39, 0.29) is 18.6 Å². The van der Waals surface area contributed by atoms with Gasteiger partial charge in [0.1, 0.15) is 11.5 Å². The summed E-state index contributed by atoms with van der Waals surface area (Å²) in [7, 11) is 3.03. The molecule has 0 bridgehead atoms. The molecule has 0 aliphatic carbocycles. The first kappa shape index (κ1) is 20.3. The molecule has 1 atom stereocenters. The summed E-state index contributed by atoms with van der Waals surface area (Å²) < 4.78 is 21.2. The fraction of sp³-hybridized carbons (Fsp3) is 0.273. The first-order chi connectivity index (χ1) is 13.9. The number of benzene rings is 2. The molecule has 0 amide bonds. The Labute approximate surface area is 168 Å². The van der Waals surface area contributed by atoms with Crippen LogP contribution in [0.2, 0.25) is 0 Å². The fourth-order valence-electron chi connectivity index (χ4n) is 3.36. The minimum absolute atomic E-state index is 0.0363. The van der Waals surface area contributed by atoms with Crippen LogP contribution in [0.15, 0.2) is 54.3 Å². The predicted molar refractivity (Wildman–Crippen MR) is 105 cm³/mol. The summed E-state index contributed by atoms with van der Waals surface area (Å²) in [6.45, 7) is 1.74. The molecule has 7 heteroatoms. The zero-order valence-corrected chi connectivity index (χ0v) is 16.4. The number of aliphatic hydroxyl groups excluding tert-OH is 1. The molecule has 1 aliphatic rings. The number of cyclic esters (lactones) is 1.